The van der Waals surface area contributed by atoms with Gasteiger partial charge in [-0.3, -0.25) is 4.90 Å². The van der Waals surface area contributed by atoms with Gasteiger partial charge in [-0.15, -0.1) is 23.1 Å². The van der Waals surface area contributed by atoms with E-state index in [0.717, 1.165) is 49.2 Å². The lowest BCUT2D eigenvalue weighted by Gasteiger charge is -2.31. The van der Waals surface area contributed by atoms with Gasteiger partial charge in [0.25, 0.3) is 0 Å². The SMILES string of the molecule is CSc1ccc(OCc2nc(CN3CCN(C)CC3)cs2)cc1. The van der Waals surface area contributed by atoms with E-state index in [4.69, 9.17) is 9.72 Å². The predicted molar refractivity (Wildman–Crippen MR) is 97.4 cm³/mol. The van der Waals surface area contributed by atoms with Crippen molar-refractivity contribution in [1.29, 1.82) is 0 Å². The molecule has 2 heterocycles. The third kappa shape index (κ3) is 4.94. The molecule has 1 fully saturated rings. The Morgan fingerprint density at radius 1 is 1.17 bits per heavy atom. The van der Waals surface area contributed by atoms with Crippen LogP contribution in [0, 0.1) is 0 Å². The second-order valence-electron chi connectivity index (χ2n) is 5.78. The summed E-state index contributed by atoms with van der Waals surface area (Å²) in [6.45, 7) is 6.04. The topological polar surface area (TPSA) is 28.6 Å². The predicted octanol–water partition coefficient (Wildman–Crippen LogP) is 3.19. The first-order valence-electron chi connectivity index (χ1n) is 7.84. The molecular weight excluding hydrogens is 326 g/mol. The van der Waals surface area contributed by atoms with Gasteiger partial charge < -0.3 is 9.64 Å². The zero-order chi connectivity index (χ0) is 16.1. The minimum Gasteiger partial charge on any atom is -0.486 e. The number of thioether (sulfide) groups is 1. The zero-order valence-corrected chi connectivity index (χ0v) is 15.3. The molecule has 1 aromatic heterocycles. The molecule has 3 rings (SSSR count). The minimum atomic E-state index is 0.548. The molecule has 23 heavy (non-hydrogen) atoms. The van der Waals surface area contributed by atoms with Crippen LogP contribution in [0.25, 0.3) is 0 Å². The van der Waals surface area contributed by atoms with E-state index in [0.29, 0.717) is 6.61 Å². The number of piperazine rings is 1. The summed E-state index contributed by atoms with van der Waals surface area (Å²) in [6.07, 6.45) is 2.08. The average molecular weight is 350 g/mol. The molecule has 0 atom stereocenters. The molecule has 0 N–H and O–H groups in total. The summed E-state index contributed by atoms with van der Waals surface area (Å²) in [7, 11) is 2.18. The Balaban J connectivity index is 1.48. The van der Waals surface area contributed by atoms with Crippen molar-refractivity contribution in [2.75, 3.05) is 39.5 Å². The van der Waals surface area contributed by atoms with Gasteiger partial charge in [0, 0.05) is 43.0 Å². The van der Waals surface area contributed by atoms with Crippen molar-refractivity contribution in [2.24, 2.45) is 0 Å². The second kappa shape index (κ2) is 8.15. The van der Waals surface area contributed by atoms with E-state index >= 15 is 0 Å². The molecule has 0 amide bonds. The van der Waals surface area contributed by atoms with Crippen molar-refractivity contribution in [3.63, 3.8) is 0 Å². The maximum absolute atomic E-state index is 5.83. The van der Waals surface area contributed by atoms with Crippen molar-refractivity contribution in [3.8, 4) is 5.75 Å². The van der Waals surface area contributed by atoms with Crippen LogP contribution in [0.3, 0.4) is 0 Å². The summed E-state index contributed by atoms with van der Waals surface area (Å²) in [5, 5.41) is 3.21. The van der Waals surface area contributed by atoms with E-state index < -0.39 is 0 Å². The number of hydrogen-bond acceptors (Lipinski definition) is 6. The van der Waals surface area contributed by atoms with Crippen LogP contribution < -0.4 is 4.74 Å². The number of thiazole rings is 1. The third-order valence-corrected chi connectivity index (χ3v) is 5.62. The lowest BCUT2D eigenvalue weighted by atomic mass is 10.3. The van der Waals surface area contributed by atoms with Gasteiger partial charge in [-0.1, -0.05) is 0 Å². The second-order valence-corrected chi connectivity index (χ2v) is 7.60. The van der Waals surface area contributed by atoms with Crippen molar-refractivity contribution in [3.05, 3.63) is 40.3 Å². The molecule has 0 bridgehead atoms. The first kappa shape index (κ1) is 16.8. The fourth-order valence-corrected chi connectivity index (χ4v) is 3.64. The largest absolute Gasteiger partial charge is 0.486 e. The Morgan fingerprint density at radius 2 is 1.91 bits per heavy atom. The van der Waals surface area contributed by atoms with E-state index in [-0.39, 0.29) is 0 Å². The van der Waals surface area contributed by atoms with Crippen molar-refractivity contribution < 1.29 is 4.74 Å². The number of ether oxygens (including phenoxy) is 1. The normalized spacial score (nSPS) is 16.6. The molecule has 1 saturated heterocycles. The molecule has 1 aliphatic rings. The highest BCUT2D eigenvalue weighted by Crippen LogP contribution is 2.20. The Bertz CT molecular complexity index is 607. The van der Waals surface area contributed by atoms with Gasteiger partial charge in [0.1, 0.15) is 17.4 Å². The maximum Gasteiger partial charge on any atom is 0.140 e. The zero-order valence-electron chi connectivity index (χ0n) is 13.7. The fraction of sp³-hybridized carbons (Fsp3) is 0.471. The molecule has 0 radical (unpaired) electrons. The lowest BCUT2D eigenvalue weighted by molar-refractivity contribution is 0.147. The summed E-state index contributed by atoms with van der Waals surface area (Å²) in [5.41, 5.74) is 1.16. The Kier molecular flexibility index (Phi) is 5.94. The van der Waals surface area contributed by atoms with Crippen molar-refractivity contribution in [1.82, 2.24) is 14.8 Å². The van der Waals surface area contributed by atoms with Gasteiger partial charge in [-0.05, 0) is 37.6 Å². The summed E-state index contributed by atoms with van der Waals surface area (Å²) in [5.74, 6) is 0.901. The first-order chi connectivity index (χ1) is 11.2. The Morgan fingerprint density at radius 3 is 2.61 bits per heavy atom. The Labute approximate surface area is 146 Å². The summed E-state index contributed by atoms with van der Waals surface area (Å²) < 4.78 is 5.83. The number of likely N-dealkylation sites (N-methyl/N-ethyl adjacent to an activating group) is 1. The molecule has 0 unspecified atom stereocenters. The molecule has 0 spiro atoms. The monoisotopic (exact) mass is 349 g/mol. The van der Waals surface area contributed by atoms with E-state index in [1.165, 1.54) is 4.90 Å². The van der Waals surface area contributed by atoms with Gasteiger partial charge in [-0.2, -0.15) is 0 Å². The highest BCUT2D eigenvalue weighted by molar-refractivity contribution is 7.98. The number of hydrogen-bond donors (Lipinski definition) is 0. The van der Waals surface area contributed by atoms with E-state index in [2.05, 4.69) is 40.6 Å². The quantitative estimate of drug-likeness (QED) is 0.747. The van der Waals surface area contributed by atoms with Crippen molar-refractivity contribution >= 4 is 23.1 Å². The van der Waals surface area contributed by atoms with Crippen LogP contribution in [0.4, 0.5) is 0 Å². The van der Waals surface area contributed by atoms with Gasteiger partial charge in [0.15, 0.2) is 0 Å². The average Bonchev–Trinajstić information content (AvgIpc) is 3.03. The molecule has 0 aliphatic carbocycles. The molecule has 2 aromatic rings. The minimum absolute atomic E-state index is 0.548. The van der Waals surface area contributed by atoms with Gasteiger partial charge in [-0.25, -0.2) is 4.98 Å². The number of nitrogens with zero attached hydrogens (tertiary/aromatic N) is 3. The molecular formula is C17H23N3OS2. The summed E-state index contributed by atoms with van der Waals surface area (Å²) in [4.78, 5) is 10.8. The van der Waals surface area contributed by atoms with E-state index in [9.17, 15) is 0 Å². The number of benzene rings is 1. The molecule has 124 valence electrons. The fourth-order valence-electron chi connectivity index (χ4n) is 2.54. The molecule has 6 heteroatoms. The van der Waals surface area contributed by atoms with Gasteiger partial charge >= 0.3 is 0 Å². The van der Waals surface area contributed by atoms with Crippen LogP contribution in [-0.2, 0) is 13.2 Å². The lowest BCUT2D eigenvalue weighted by Crippen LogP contribution is -2.43. The highest BCUT2D eigenvalue weighted by atomic mass is 32.2. The van der Waals surface area contributed by atoms with E-state index in [1.54, 1.807) is 23.1 Å². The highest BCUT2D eigenvalue weighted by Gasteiger charge is 2.15. The maximum atomic E-state index is 5.83. The van der Waals surface area contributed by atoms with Crippen molar-refractivity contribution in [2.45, 2.75) is 18.0 Å². The number of rotatable bonds is 6. The van der Waals surface area contributed by atoms with Gasteiger partial charge in [0.05, 0.1) is 5.69 Å². The van der Waals surface area contributed by atoms with Crippen LogP contribution in [0.5, 0.6) is 5.75 Å². The van der Waals surface area contributed by atoms with Crippen LogP contribution in [0.2, 0.25) is 0 Å². The Hall–Kier alpha value is -1.08. The summed E-state index contributed by atoms with van der Waals surface area (Å²) >= 11 is 3.43. The smallest absolute Gasteiger partial charge is 0.140 e. The van der Waals surface area contributed by atoms with Gasteiger partial charge in [0.2, 0.25) is 0 Å². The number of aromatic nitrogens is 1. The van der Waals surface area contributed by atoms with Crippen LogP contribution in [-0.4, -0.2) is 54.3 Å². The third-order valence-electron chi connectivity index (χ3n) is 4.00. The van der Waals surface area contributed by atoms with E-state index in [1.807, 2.05) is 12.1 Å². The molecule has 1 aliphatic heterocycles. The summed E-state index contributed by atoms with van der Waals surface area (Å²) in [6, 6.07) is 8.20. The first-order valence-corrected chi connectivity index (χ1v) is 9.94. The van der Waals surface area contributed by atoms with Crippen LogP contribution in [0.1, 0.15) is 10.7 Å². The van der Waals surface area contributed by atoms with Crippen LogP contribution in [0.15, 0.2) is 34.5 Å². The van der Waals surface area contributed by atoms with Crippen LogP contribution >= 0.6 is 23.1 Å². The molecule has 0 saturated carbocycles. The molecule has 4 nitrogen and oxygen atoms in total. The standard InChI is InChI=1S/C17H23N3OS2/c1-19-7-9-20(10-8-19)11-14-13-23-17(18-14)12-21-15-3-5-16(22-2)6-4-15/h3-6,13H,7-12H2,1-2H3. The molecule has 1 aromatic carbocycles.